The molecule has 4 aromatic rings. The lowest BCUT2D eigenvalue weighted by Crippen LogP contribution is -2.41. The van der Waals surface area contributed by atoms with Gasteiger partial charge < -0.3 is 9.88 Å². The maximum atomic E-state index is 13.5. The lowest BCUT2D eigenvalue weighted by molar-refractivity contribution is -0.116. The van der Waals surface area contributed by atoms with Crippen molar-refractivity contribution in [2.45, 2.75) is 33.7 Å². The molecule has 2 heterocycles. The quantitative estimate of drug-likeness (QED) is 0.528. The number of nitrogens with one attached hydrogen (secondary N) is 1. The normalized spacial score (nSPS) is 11.1. The Kier molecular flexibility index (Phi) is 5.57. The van der Waals surface area contributed by atoms with Crippen LogP contribution in [-0.4, -0.2) is 19.6 Å². The first-order chi connectivity index (χ1) is 15.3. The molecule has 2 aromatic carbocycles. The molecule has 0 saturated heterocycles. The molecule has 7 nitrogen and oxygen atoms in total. The van der Waals surface area contributed by atoms with E-state index in [0.29, 0.717) is 22.4 Å². The highest BCUT2D eigenvalue weighted by atomic mass is 16.2. The second-order valence-corrected chi connectivity index (χ2v) is 8.03. The van der Waals surface area contributed by atoms with Gasteiger partial charge in [-0.25, -0.2) is 9.36 Å². The van der Waals surface area contributed by atoms with Gasteiger partial charge in [-0.3, -0.25) is 14.2 Å². The molecule has 0 unspecified atom stereocenters. The van der Waals surface area contributed by atoms with Crippen LogP contribution in [0.5, 0.6) is 0 Å². The van der Waals surface area contributed by atoms with Gasteiger partial charge in [0.25, 0.3) is 5.56 Å². The van der Waals surface area contributed by atoms with Crippen molar-refractivity contribution < 1.29 is 4.79 Å². The molecule has 7 heteroatoms. The summed E-state index contributed by atoms with van der Waals surface area (Å²) in [6.07, 6.45) is 0.856. The van der Waals surface area contributed by atoms with Crippen LogP contribution in [0.4, 0.5) is 5.69 Å². The van der Waals surface area contributed by atoms with Crippen LogP contribution in [0, 0.1) is 13.8 Å². The molecular formula is C25H26N4O3. The minimum atomic E-state index is -0.545. The topological polar surface area (TPSA) is 78.0 Å². The Labute approximate surface area is 185 Å². The fourth-order valence-electron chi connectivity index (χ4n) is 3.95. The Morgan fingerprint density at radius 1 is 1.00 bits per heavy atom. The van der Waals surface area contributed by atoms with Gasteiger partial charge in [-0.1, -0.05) is 31.2 Å². The first-order valence-electron chi connectivity index (χ1n) is 10.6. The summed E-state index contributed by atoms with van der Waals surface area (Å²) in [6, 6.07) is 16.6. The van der Waals surface area contributed by atoms with Crippen LogP contribution in [-0.2, 0) is 24.8 Å². The third-order valence-corrected chi connectivity index (χ3v) is 5.75. The summed E-state index contributed by atoms with van der Waals surface area (Å²) in [5.74, 6) is -0.336. The molecular weight excluding hydrogens is 404 g/mol. The second-order valence-electron chi connectivity index (χ2n) is 8.03. The number of carbonyl (C=O) groups is 1. The number of hydrogen-bond donors (Lipinski definition) is 1. The monoisotopic (exact) mass is 430 g/mol. The number of fused-ring (bicyclic) bond motifs is 1. The van der Waals surface area contributed by atoms with E-state index in [0.717, 1.165) is 27.8 Å². The Balaban J connectivity index is 1.85. The number of hydrogen-bond acceptors (Lipinski definition) is 3. The summed E-state index contributed by atoms with van der Waals surface area (Å²) in [6.45, 7) is 5.60. The van der Waals surface area contributed by atoms with Crippen molar-refractivity contribution in [2.24, 2.45) is 7.05 Å². The third-order valence-electron chi connectivity index (χ3n) is 5.75. The second kappa shape index (κ2) is 8.34. The minimum absolute atomic E-state index is 0.207. The van der Waals surface area contributed by atoms with Gasteiger partial charge in [0.05, 0.1) is 11.2 Å². The molecule has 0 aliphatic carbocycles. The molecule has 4 rings (SSSR count). The maximum Gasteiger partial charge on any atom is 0.336 e. The van der Waals surface area contributed by atoms with Gasteiger partial charge in [0.1, 0.15) is 12.1 Å². The summed E-state index contributed by atoms with van der Waals surface area (Å²) in [7, 11) is 1.78. The summed E-state index contributed by atoms with van der Waals surface area (Å²) >= 11 is 0. The highest BCUT2D eigenvalue weighted by molar-refractivity contribution is 5.91. The molecule has 1 amide bonds. The smallest absolute Gasteiger partial charge is 0.336 e. The van der Waals surface area contributed by atoms with Crippen molar-refractivity contribution >= 4 is 22.6 Å². The molecule has 1 N–H and O–H groups in total. The van der Waals surface area contributed by atoms with Gasteiger partial charge in [-0.05, 0) is 61.7 Å². The number of carbonyl (C=O) groups excluding carboxylic acids is 1. The van der Waals surface area contributed by atoms with Crippen LogP contribution in [0.2, 0.25) is 0 Å². The lowest BCUT2D eigenvalue weighted by Gasteiger charge is -2.14. The van der Waals surface area contributed by atoms with Gasteiger partial charge in [0.2, 0.25) is 5.91 Å². The zero-order valence-electron chi connectivity index (χ0n) is 18.7. The van der Waals surface area contributed by atoms with Crippen molar-refractivity contribution in [3.8, 4) is 5.69 Å². The van der Waals surface area contributed by atoms with Gasteiger partial charge in [0, 0.05) is 18.4 Å². The molecule has 0 bridgehead atoms. The predicted octanol–water partition coefficient (Wildman–Crippen LogP) is 3.31. The average Bonchev–Trinajstić information content (AvgIpc) is 3.06. The molecule has 32 heavy (non-hydrogen) atoms. The molecule has 0 aliphatic rings. The Morgan fingerprint density at radius 3 is 2.47 bits per heavy atom. The van der Waals surface area contributed by atoms with Crippen LogP contribution in [0.3, 0.4) is 0 Å². The number of anilines is 1. The van der Waals surface area contributed by atoms with Crippen LogP contribution in [0.1, 0.15) is 23.7 Å². The summed E-state index contributed by atoms with van der Waals surface area (Å²) in [5, 5.41) is 2.87. The highest BCUT2D eigenvalue weighted by Crippen LogP contribution is 2.16. The van der Waals surface area contributed by atoms with E-state index in [2.05, 4.69) is 5.32 Å². The maximum absolute atomic E-state index is 13.5. The van der Waals surface area contributed by atoms with E-state index < -0.39 is 11.2 Å². The molecule has 0 fully saturated rings. The highest BCUT2D eigenvalue weighted by Gasteiger charge is 2.20. The van der Waals surface area contributed by atoms with Crippen molar-refractivity contribution in [1.82, 2.24) is 13.7 Å². The van der Waals surface area contributed by atoms with E-state index in [-0.39, 0.29) is 12.5 Å². The van der Waals surface area contributed by atoms with Crippen molar-refractivity contribution in [3.05, 3.63) is 92.3 Å². The first kappa shape index (κ1) is 21.4. The fourth-order valence-corrected chi connectivity index (χ4v) is 3.95. The summed E-state index contributed by atoms with van der Waals surface area (Å²) in [5.41, 5.74) is 3.88. The third kappa shape index (κ3) is 3.77. The van der Waals surface area contributed by atoms with Crippen LogP contribution in [0.15, 0.2) is 64.2 Å². The van der Waals surface area contributed by atoms with Crippen LogP contribution < -0.4 is 16.6 Å². The van der Waals surface area contributed by atoms with E-state index in [1.54, 1.807) is 35.9 Å². The number of amides is 1. The predicted molar refractivity (Wildman–Crippen MR) is 127 cm³/mol. The first-order valence-corrected chi connectivity index (χ1v) is 10.6. The molecule has 164 valence electrons. The SMILES string of the molecule is CCc1cccc(NC(=O)Cn2c(=O)n(-c3cccc(C)c3)c(=O)c3c2cc(C)n3C)c1. The van der Waals surface area contributed by atoms with Crippen molar-refractivity contribution in [2.75, 3.05) is 5.32 Å². The standard InChI is InChI=1S/C25H26N4O3/c1-5-18-9-7-10-19(14-18)26-22(30)15-28-21-13-17(3)27(4)23(21)24(31)29(25(28)32)20-11-6-8-16(2)12-20/h6-14H,5,15H2,1-4H3,(H,26,30). The Bertz CT molecular complexity index is 1460. The van der Waals surface area contributed by atoms with E-state index in [9.17, 15) is 14.4 Å². The van der Waals surface area contributed by atoms with Crippen LogP contribution >= 0.6 is 0 Å². The summed E-state index contributed by atoms with van der Waals surface area (Å²) in [4.78, 5) is 39.7. The summed E-state index contributed by atoms with van der Waals surface area (Å²) < 4.78 is 4.26. The number of aromatic nitrogens is 3. The molecule has 0 saturated carbocycles. The fraction of sp³-hybridized carbons (Fsp3) is 0.240. The van der Waals surface area contributed by atoms with Gasteiger partial charge in [-0.2, -0.15) is 0 Å². The van der Waals surface area contributed by atoms with Gasteiger partial charge in [-0.15, -0.1) is 0 Å². The lowest BCUT2D eigenvalue weighted by atomic mass is 10.1. The molecule has 0 aliphatic heterocycles. The number of benzene rings is 2. The molecule has 2 aromatic heterocycles. The largest absolute Gasteiger partial charge is 0.342 e. The van der Waals surface area contributed by atoms with Gasteiger partial charge in [0.15, 0.2) is 0 Å². The molecule has 0 atom stereocenters. The van der Waals surface area contributed by atoms with E-state index in [4.69, 9.17) is 0 Å². The zero-order valence-corrected chi connectivity index (χ0v) is 18.7. The number of nitrogens with zero attached hydrogens (tertiary/aromatic N) is 3. The van der Waals surface area contributed by atoms with Gasteiger partial charge >= 0.3 is 5.69 Å². The molecule has 0 spiro atoms. The molecule has 0 radical (unpaired) electrons. The van der Waals surface area contributed by atoms with E-state index in [1.807, 2.05) is 51.1 Å². The Hall–Kier alpha value is -3.87. The number of rotatable bonds is 5. The van der Waals surface area contributed by atoms with E-state index >= 15 is 0 Å². The number of aryl methyl sites for hydroxylation is 4. The zero-order chi connectivity index (χ0) is 23.0. The van der Waals surface area contributed by atoms with Crippen molar-refractivity contribution in [3.63, 3.8) is 0 Å². The average molecular weight is 431 g/mol. The van der Waals surface area contributed by atoms with Crippen molar-refractivity contribution in [1.29, 1.82) is 0 Å². The Morgan fingerprint density at radius 2 is 1.75 bits per heavy atom. The van der Waals surface area contributed by atoms with Crippen LogP contribution in [0.25, 0.3) is 16.7 Å². The minimum Gasteiger partial charge on any atom is -0.342 e. The van der Waals surface area contributed by atoms with E-state index in [1.165, 1.54) is 4.57 Å².